The van der Waals surface area contributed by atoms with Crippen molar-refractivity contribution >= 4 is 16.9 Å². The third-order valence-corrected chi connectivity index (χ3v) is 4.73. The minimum absolute atomic E-state index is 0.429. The van der Waals surface area contributed by atoms with Crippen molar-refractivity contribution in [2.24, 2.45) is 0 Å². The molecule has 0 aliphatic carbocycles. The van der Waals surface area contributed by atoms with Crippen LogP contribution in [0.4, 0.5) is 5.69 Å². The van der Waals surface area contributed by atoms with Crippen LogP contribution in [-0.2, 0) is 0 Å². The van der Waals surface area contributed by atoms with Crippen LogP contribution in [0.25, 0.3) is 16.9 Å². The molecule has 1 aromatic carbocycles. The molecule has 0 amide bonds. The Labute approximate surface area is 149 Å². The summed E-state index contributed by atoms with van der Waals surface area (Å²) in [7, 11) is 0. The molecule has 3 rings (SSSR count). The molecular formula is C20H27N5. The molecular weight excluding hydrogens is 310 g/mol. The fourth-order valence-electron chi connectivity index (χ4n) is 3.51. The van der Waals surface area contributed by atoms with Crippen molar-refractivity contribution in [2.45, 2.75) is 60.4 Å². The van der Waals surface area contributed by atoms with E-state index < -0.39 is 0 Å². The zero-order valence-electron chi connectivity index (χ0n) is 16.0. The first-order valence-corrected chi connectivity index (χ1v) is 9.02. The van der Waals surface area contributed by atoms with E-state index in [0.717, 1.165) is 41.1 Å². The summed E-state index contributed by atoms with van der Waals surface area (Å²) in [6.45, 7) is 12.8. The van der Waals surface area contributed by atoms with E-state index in [0.29, 0.717) is 6.04 Å². The summed E-state index contributed by atoms with van der Waals surface area (Å²) in [6, 6.07) is 6.84. The number of benzene rings is 1. The van der Waals surface area contributed by atoms with Gasteiger partial charge in [-0.1, -0.05) is 36.8 Å². The molecule has 0 fully saturated rings. The van der Waals surface area contributed by atoms with Gasteiger partial charge < -0.3 is 5.32 Å². The predicted molar refractivity (Wildman–Crippen MR) is 104 cm³/mol. The zero-order chi connectivity index (χ0) is 18.1. The first kappa shape index (κ1) is 17.4. The second kappa shape index (κ2) is 6.82. The van der Waals surface area contributed by atoms with Crippen LogP contribution in [0.2, 0.25) is 0 Å². The number of nitrogens with one attached hydrogen (secondary N) is 1. The number of hydrogen-bond donors (Lipinski definition) is 1. The lowest BCUT2D eigenvalue weighted by atomic mass is 10.1. The SMILES string of the molecule is CCC(CC)Nc1cc(C)nc2c1nnn2-c1c(C)cc(C)cc1C. The minimum atomic E-state index is 0.429. The first-order chi connectivity index (χ1) is 11.9. The van der Waals surface area contributed by atoms with Crippen LogP contribution in [0.5, 0.6) is 0 Å². The van der Waals surface area contributed by atoms with Crippen molar-refractivity contribution in [1.29, 1.82) is 0 Å². The third kappa shape index (κ3) is 3.23. The summed E-state index contributed by atoms with van der Waals surface area (Å²) in [6.07, 6.45) is 2.15. The molecule has 1 N–H and O–H groups in total. The van der Waals surface area contributed by atoms with Gasteiger partial charge >= 0.3 is 0 Å². The molecule has 0 aliphatic heterocycles. The van der Waals surface area contributed by atoms with Gasteiger partial charge in [-0.3, -0.25) is 0 Å². The number of rotatable bonds is 5. The average Bonchev–Trinajstić information content (AvgIpc) is 2.95. The Balaban J connectivity index is 2.19. The normalized spacial score (nSPS) is 11.5. The van der Waals surface area contributed by atoms with Gasteiger partial charge in [-0.2, -0.15) is 4.68 Å². The van der Waals surface area contributed by atoms with E-state index in [4.69, 9.17) is 4.98 Å². The molecule has 0 spiro atoms. The maximum Gasteiger partial charge on any atom is 0.186 e. The van der Waals surface area contributed by atoms with Crippen LogP contribution in [-0.4, -0.2) is 26.0 Å². The Kier molecular flexibility index (Phi) is 4.75. The van der Waals surface area contributed by atoms with Gasteiger partial charge in [0.25, 0.3) is 0 Å². The third-order valence-electron chi connectivity index (χ3n) is 4.73. The maximum atomic E-state index is 4.73. The highest BCUT2D eigenvalue weighted by molar-refractivity contribution is 5.86. The summed E-state index contributed by atoms with van der Waals surface area (Å²) >= 11 is 0. The molecule has 0 bridgehead atoms. The summed E-state index contributed by atoms with van der Waals surface area (Å²) in [5.41, 5.74) is 8.31. The van der Waals surface area contributed by atoms with E-state index in [1.807, 2.05) is 11.6 Å². The van der Waals surface area contributed by atoms with Crippen LogP contribution in [0, 0.1) is 27.7 Å². The van der Waals surface area contributed by atoms with Crippen LogP contribution >= 0.6 is 0 Å². The van der Waals surface area contributed by atoms with Gasteiger partial charge in [0.15, 0.2) is 11.2 Å². The summed E-state index contributed by atoms with van der Waals surface area (Å²) in [5, 5.41) is 12.5. The molecule has 3 aromatic rings. The quantitative estimate of drug-likeness (QED) is 0.736. The number of hydrogen-bond acceptors (Lipinski definition) is 4. The number of pyridine rings is 1. The highest BCUT2D eigenvalue weighted by Crippen LogP contribution is 2.27. The van der Waals surface area contributed by atoms with E-state index in [1.165, 1.54) is 16.7 Å². The number of nitrogens with zero attached hydrogens (tertiary/aromatic N) is 4. The summed E-state index contributed by atoms with van der Waals surface area (Å²) < 4.78 is 1.88. The molecule has 2 heterocycles. The van der Waals surface area contributed by atoms with E-state index in [2.05, 4.69) is 68.4 Å². The van der Waals surface area contributed by atoms with Gasteiger partial charge in [-0.05, 0) is 57.7 Å². The van der Waals surface area contributed by atoms with Gasteiger partial charge in [0.05, 0.1) is 11.4 Å². The van der Waals surface area contributed by atoms with Crippen LogP contribution in [0.3, 0.4) is 0 Å². The predicted octanol–water partition coefficient (Wildman–Crippen LogP) is 4.65. The van der Waals surface area contributed by atoms with Crippen molar-refractivity contribution in [1.82, 2.24) is 20.0 Å². The van der Waals surface area contributed by atoms with Crippen molar-refractivity contribution < 1.29 is 0 Å². The Hall–Kier alpha value is -2.43. The Morgan fingerprint density at radius 3 is 2.24 bits per heavy atom. The number of fused-ring (bicyclic) bond motifs is 1. The molecule has 0 atom stereocenters. The Morgan fingerprint density at radius 2 is 1.64 bits per heavy atom. The minimum Gasteiger partial charge on any atom is -0.380 e. The van der Waals surface area contributed by atoms with Crippen molar-refractivity contribution in [3.05, 3.63) is 40.6 Å². The zero-order valence-corrected chi connectivity index (χ0v) is 16.0. The molecule has 0 radical (unpaired) electrons. The second-order valence-corrected chi connectivity index (χ2v) is 6.89. The molecule has 0 saturated heterocycles. The largest absolute Gasteiger partial charge is 0.380 e. The number of aromatic nitrogens is 4. The maximum absolute atomic E-state index is 4.73. The Morgan fingerprint density at radius 1 is 1.00 bits per heavy atom. The first-order valence-electron chi connectivity index (χ1n) is 9.02. The van der Waals surface area contributed by atoms with E-state index in [1.54, 1.807) is 0 Å². The lowest BCUT2D eigenvalue weighted by Gasteiger charge is -2.17. The molecule has 0 unspecified atom stereocenters. The molecule has 0 saturated carbocycles. The van der Waals surface area contributed by atoms with Crippen molar-refractivity contribution in [3.8, 4) is 5.69 Å². The topological polar surface area (TPSA) is 55.6 Å². The van der Waals surface area contributed by atoms with E-state index in [9.17, 15) is 0 Å². The van der Waals surface area contributed by atoms with E-state index in [-0.39, 0.29) is 0 Å². The lowest BCUT2D eigenvalue weighted by Crippen LogP contribution is -2.17. The van der Waals surface area contributed by atoms with Crippen molar-refractivity contribution in [2.75, 3.05) is 5.32 Å². The van der Waals surface area contributed by atoms with Gasteiger partial charge in [-0.25, -0.2) is 4.98 Å². The monoisotopic (exact) mass is 337 g/mol. The molecule has 132 valence electrons. The fraction of sp³-hybridized carbons (Fsp3) is 0.450. The highest BCUT2D eigenvalue weighted by Gasteiger charge is 2.17. The van der Waals surface area contributed by atoms with Crippen LogP contribution in [0.15, 0.2) is 18.2 Å². The van der Waals surface area contributed by atoms with Crippen molar-refractivity contribution in [3.63, 3.8) is 0 Å². The van der Waals surface area contributed by atoms with Gasteiger partial charge in [0.1, 0.15) is 0 Å². The molecule has 25 heavy (non-hydrogen) atoms. The van der Waals surface area contributed by atoms with Gasteiger partial charge in [0, 0.05) is 11.7 Å². The van der Waals surface area contributed by atoms with Gasteiger partial charge in [0.2, 0.25) is 0 Å². The molecule has 5 heteroatoms. The molecule has 0 aliphatic rings. The number of anilines is 1. The summed E-state index contributed by atoms with van der Waals surface area (Å²) in [5.74, 6) is 0. The standard InChI is InChI=1S/C20H27N5/c1-7-16(8-2)22-17-11-15(6)21-20-18(17)23-24-25(20)19-13(4)9-12(3)10-14(19)5/h9-11,16H,7-8H2,1-6H3,(H,21,22). The fourth-order valence-corrected chi connectivity index (χ4v) is 3.51. The second-order valence-electron chi connectivity index (χ2n) is 6.89. The molecule has 2 aromatic heterocycles. The average molecular weight is 337 g/mol. The highest BCUT2D eigenvalue weighted by atomic mass is 15.4. The smallest absolute Gasteiger partial charge is 0.186 e. The summed E-state index contributed by atoms with van der Waals surface area (Å²) in [4.78, 5) is 4.73. The number of aryl methyl sites for hydroxylation is 4. The van der Waals surface area contributed by atoms with E-state index >= 15 is 0 Å². The Bertz CT molecular complexity index is 883. The molecule has 5 nitrogen and oxygen atoms in total. The van der Waals surface area contributed by atoms with Crippen LogP contribution in [0.1, 0.15) is 49.1 Å². The van der Waals surface area contributed by atoms with Gasteiger partial charge in [-0.15, -0.1) is 5.10 Å². The van der Waals surface area contributed by atoms with Crippen LogP contribution < -0.4 is 5.32 Å². The lowest BCUT2D eigenvalue weighted by molar-refractivity contribution is 0.672.